The normalized spacial score (nSPS) is 20.7. The van der Waals surface area contributed by atoms with Gasteiger partial charge in [0.1, 0.15) is 6.61 Å². The average Bonchev–Trinajstić information content (AvgIpc) is 2.56. The molecule has 0 aromatic rings. The van der Waals surface area contributed by atoms with Crippen LogP contribution in [0.4, 0.5) is 0 Å². The Kier molecular flexibility index (Phi) is 8.33. The maximum atomic E-state index is 9.68. The number of ether oxygens (including phenoxy) is 2. The average molecular weight is 210 g/mol. The highest BCUT2D eigenvalue weighted by Crippen LogP contribution is 2.09. The molecule has 1 saturated heterocycles. The van der Waals surface area contributed by atoms with E-state index in [4.69, 9.17) is 22.1 Å². The summed E-state index contributed by atoms with van der Waals surface area (Å²) in [4.78, 5) is 9.68. The third-order valence-electron chi connectivity index (χ3n) is 1.54. The topological polar surface area (TPSA) is 61.5 Å². The van der Waals surface area contributed by atoms with Gasteiger partial charge in [-0.15, -0.1) is 0 Å². The van der Waals surface area contributed by atoms with Gasteiger partial charge in [-0.25, -0.2) is 0 Å². The number of hydrogen-bond acceptors (Lipinski definition) is 4. The Labute approximate surface area is 83.3 Å². The van der Waals surface area contributed by atoms with Gasteiger partial charge in [0.25, 0.3) is 0 Å². The van der Waals surface area contributed by atoms with Crippen molar-refractivity contribution in [2.24, 2.45) is 5.73 Å². The molecule has 0 saturated carbocycles. The lowest BCUT2D eigenvalue weighted by Crippen LogP contribution is -2.17. The van der Waals surface area contributed by atoms with Crippen molar-refractivity contribution in [2.75, 3.05) is 26.9 Å². The molecule has 4 nitrogen and oxygen atoms in total. The third kappa shape index (κ3) is 8.18. The molecule has 0 aromatic heterocycles. The van der Waals surface area contributed by atoms with Crippen molar-refractivity contribution in [1.29, 1.82) is 0 Å². The fourth-order valence-electron chi connectivity index (χ4n) is 0.944. The van der Waals surface area contributed by atoms with Gasteiger partial charge in [0.2, 0.25) is 5.24 Å². The monoisotopic (exact) mass is 209 g/mol. The van der Waals surface area contributed by atoms with Crippen molar-refractivity contribution in [2.45, 2.75) is 18.9 Å². The minimum Gasteiger partial charge on any atom is -0.377 e. The molecule has 0 amide bonds. The van der Waals surface area contributed by atoms with E-state index in [9.17, 15) is 4.79 Å². The zero-order chi connectivity index (χ0) is 10.1. The number of rotatable bonds is 3. The number of hydrogen-bond donors (Lipinski definition) is 1. The van der Waals surface area contributed by atoms with Gasteiger partial charge in [-0.3, -0.25) is 4.79 Å². The first kappa shape index (κ1) is 12.8. The van der Waals surface area contributed by atoms with Crippen molar-refractivity contribution in [3.05, 3.63) is 0 Å². The molecule has 1 atom stereocenters. The number of nitrogens with two attached hydrogens (primary N) is 1. The Morgan fingerprint density at radius 3 is 2.62 bits per heavy atom. The molecule has 1 unspecified atom stereocenters. The van der Waals surface area contributed by atoms with E-state index in [2.05, 4.69) is 4.74 Å². The predicted octanol–water partition coefficient (Wildman–Crippen LogP) is 0.522. The van der Waals surface area contributed by atoms with Crippen LogP contribution in [-0.4, -0.2) is 38.2 Å². The van der Waals surface area contributed by atoms with E-state index < -0.39 is 5.24 Å². The molecular formula is C8H16ClNO3. The van der Waals surface area contributed by atoms with Crippen molar-refractivity contribution in [1.82, 2.24) is 0 Å². The minimum atomic E-state index is -0.461. The maximum Gasteiger partial charge on any atom is 0.247 e. The molecule has 78 valence electrons. The Morgan fingerprint density at radius 2 is 2.46 bits per heavy atom. The molecule has 0 bridgehead atoms. The predicted molar refractivity (Wildman–Crippen MR) is 50.8 cm³/mol. The molecular weight excluding hydrogens is 194 g/mol. The summed E-state index contributed by atoms with van der Waals surface area (Å²) in [5, 5.41) is -0.461. The van der Waals surface area contributed by atoms with Crippen molar-refractivity contribution >= 4 is 16.8 Å². The molecule has 1 rings (SSSR count). The van der Waals surface area contributed by atoms with Crippen LogP contribution in [0, 0.1) is 0 Å². The van der Waals surface area contributed by atoms with Crippen LogP contribution in [0.1, 0.15) is 12.8 Å². The van der Waals surface area contributed by atoms with Crippen molar-refractivity contribution in [3.8, 4) is 0 Å². The van der Waals surface area contributed by atoms with Gasteiger partial charge in [-0.1, -0.05) is 0 Å². The molecule has 0 radical (unpaired) electrons. The van der Waals surface area contributed by atoms with Gasteiger partial charge in [0.05, 0.1) is 6.10 Å². The van der Waals surface area contributed by atoms with E-state index in [1.165, 1.54) is 13.5 Å². The fourth-order valence-corrected chi connectivity index (χ4v) is 1.05. The van der Waals surface area contributed by atoms with Crippen molar-refractivity contribution < 1.29 is 14.3 Å². The first-order chi connectivity index (χ1) is 6.20. The highest BCUT2D eigenvalue weighted by Gasteiger charge is 2.11. The zero-order valence-corrected chi connectivity index (χ0v) is 8.55. The van der Waals surface area contributed by atoms with E-state index in [0.717, 1.165) is 13.0 Å². The highest BCUT2D eigenvalue weighted by atomic mass is 35.5. The SMILES string of the molecule is COCC(=O)Cl.NCC1CCCO1. The number of halogens is 1. The van der Waals surface area contributed by atoms with Gasteiger partial charge >= 0.3 is 0 Å². The first-order valence-electron chi connectivity index (χ1n) is 4.19. The summed E-state index contributed by atoms with van der Waals surface area (Å²) in [6.45, 7) is 1.61. The molecule has 1 aliphatic heterocycles. The van der Waals surface area contributed by atoms with E-state index in [1.54, 1.807) is 0 Å². The van der Waals surface area contributed by atoms with Crippen LogP contribution in [0.2, 0.25) is 0 Å². The van der Waals surface area contributed by atoms with E-state index in [1.807, 2.05) is 0 Å². The van der Waals surface area contributed by atoms with E-state index in [0.29, 0.717) is 12.6 Å². The first-order valence-corrected chi connectivity index (χ1v) is 4.57. The Hall–Kier alpha value is -0.160. The second-order valence-corrected chi connectivity index (χ2v) is 3.08. The number of methoxy groups -OCH3 is 1. The summed E-state index contributed by atoms with van der Waals surface area (Å²) in [6, 6.07) is 0. The van der Waals surface area contributed by atoms with Crippen LogP contribution in [0.5, 0.6) is 0 Å². The standard InChI is InChI=1S/C5H11NO.C3H5ClO2/c6-4-5-2-1-3-7-5;1-6-2-3(4)5/h5H,1-4,6H2;2H2,1H3. The second kappa shape index (κ2) is 8.44. The summed E-state index contributed by atoms with van der Waals surface area (Å²) in [5.41, 5.74) is 5.31. The molecule has 1 fully saturated rings. The fraction of sp³-hybridized carbons (Fsp3) is 0.875. The van der Waals surface area contributed by atoms with E-state index in [-0.39, 0.29) is 6.61 Å². The summed E-state index contributed by atoms with van der Waals surface area (Å²) in [5.74, 6) is 0. The Morgan fingerprint density at radius 1 is 1.77 bits per heavy atom. The van der Waals surface area contributed by atoms with Crippen LogP contribution in [-0.2, 0) is 14.3 Å². The smallest absolute Gasteiger partial charge is 0.247 e. The molecule has 2 N–H and O–H groups in total. The van der Waals surface area contributed by atoms with Gasteiger partial charge in [0, 0.05) is 20.3 Å². The van der Waals surface area contributed by atoms with Gasteiger partial charge in [-0.2, -0.15) is 0 Å². The maximum absolute atomic E-state index is 9.68. The summed E-state index contributed by atoms with van der Waals surface area (Å²) in [6.07, 6.45) is 2.73. The van der Waals surface area contributed by atoms with Crippen LogP contribution in [0.3, 0.4) is 0 Å². The third-order valence-corrected chi connectivity index (χ3v) is 1.65. The Bertz CT molecular complexity index is 137. The van der Waals surface area contributed by atoms with Crippen LogP contribution in [0.25, 0.3) is 0 Å². The van der Waals surface area contributed by atoms with E-state index >= 15 is 0 Å². The Balaban J connectivity index is 0.000000226. The highest BCUT2D eigenvalue weighted by molar-refractivity contribution is 6.63. The molecule has 1 aliphatic rings. The second-order valence-electron chi connectivity index (χ2n) is 2.66. The molecule has 5 heteroatoms. The van der Waals surface area contributed by atoms with Gasteiger partial charge < -0.3 is 15.2 Å². The summed E-state index contributed by atoms with van der Waals surface area (Å²) < 4.78 is 9.50. The summed E-state index contributed by atoms with van der Waals surface area (Å²) in [7, 11) is 1.42. The molecule has 0 aliphatic carbocycles. The molecule has 0 spiro atoms. The zero-order valence-electron chi connectivity index (χ0n) is 7.79. The summed E-state index contributed by atoms with van der Waals surface area (Å²) >= 11 is 4.81. The van der Waals surface area contributed by atoms with Crippen LogP contribution < -0.4 is 5.73 Å². The number of carbonyl (C=O) groups is 1. The quantitative estimate of drug-likeness (QED) is 0.689. The van der Waals surface area contributed by atoms with Crippen LogP contribution in [0.15, 0.2) is 0 Å². The van der Waals surface area contributed by atoms with Gasteiger partial charge in [-0.05, 0) is 24.4 Å². The lowest BCUT2D eigenvalue weighted by atomic mass is 10.2. The van der Waals surface area contributed by atoms with Gasteiger partial charge in [0.15, 0.2) is 0 Å². The van der Waals surface area contributed by atoms with Crippen molar-refractivity contribution in [3.63, 3.8) is 0 Å². The molecule has 1 heterocycles. The lowest BCUT2D eigenvalue weighted by Gasteiger charge is -2.01. The lowest BCUT2D eigenvalue weighted by molar-refractivity contribution is -0.114. The minimum absolute atomic E-state index is 0.00154. The largest absolute Gasteiger partial charge is 0.377 e. The molecule has 13 heavy (non-hydrogen) atoms. The molecule has 0 aromatic carbocycles. The van der Waals surface area contributed by atoms with Crippen LogP contribution >= 0.6 is 11.6 Å². The number of carbonyl (C=O) groups excluding carboxylic acids is 1.